The number of hydrogen-bond donors (Lipinski definition) is 3. The predicted octanol–water partition coefficient (Wildman–Crippen LogP) is 3.09. The average Bonchev–Trinajstić information content (AvgIpc) is 3.15. The van der Waals surface area contributed by atoms with E-state index >= 15 is 0 Å². The number of benzene rings is 1. The number of hydrogen-bond acceptors (Lipinski definition) is 5. The van der Waals surface area contributed by atoms with Gasteiger partial charge in [-0.05, 0) is 24.1 Å². The standard InChI is InChI=1S/C21H25N3.C4H10N2/c1-5-18(6-2)11-17(4)24-14-20(21(22)15-24)13-23-12-19-9-7-16(3)8-10-19;1-2-6-4-3-5-1/h5-11,13H,1-2,4,12,14-15,22H2,3H3;5-6H,1-4H2. The van der Waals surface area contributed by atoms with Crippen molar-refractivity contribution in [3.8, 4) is 0 Å². The van der Waals surface area contributed by atoms with Crippen molar-refractivity contribution in [2.24, 2.45) is 10.7 Å². The molecular weight excluding hydrogens is 370 g/mol. The van der Waals surface area contributed by atoms with Crippen LogP contribution in [0, 0.1) is 6.92 Å². The molecule has 160 valence electrons. The van der Waals surface area contributed by atoms with Crippen molar-refractivity contribution >= 4 is 6.21 Å². The number of aryl methyl sites for hydroxylation is 1. The van der Waals surface area contributed by atoms with Crippen molar-refractivity contribution in [1.82, 2.24) is 15.5 Å². The van der Waals surface area contributed by atoms with Crippen molar-refractivity contribution in [2.45, 2.75) is 13.5 Å². The van der Waals surface area contributed by atoms with Crippen LogP contribution in [0.25, 0.3) is 0 Å². The monoisotopic (exact) mass is 405 g/mol. The van der Waals surface area contributed by atoms with Crippen LogP contribution in [0.15, 0.2) is 89.8 Å². The number of nitrogens with one attached hydrogen (secondary N) is 2. The topological polar surface area (TPSA) is 65.7 Å². The molecule has 1 aromatic rings. The van der Waals surface area contributed by atoms with E-state index in [9.17, 15) is 0 Å². The summed E-state index contributed by atoms with van der Waals surface area (Å²) in [4.78, 5) is 6.64. The van der Waals surface area contributed by atoms with Crippen molar-refractivity contribution < 1.29 is 0 Å². The summed E-state index contributed by atoms with van der Waals surface area (Å²) in [6.45, 7) is 20.3. The van der Waals surface area contributed by atoms with Crippen LogP contribution < -0.4 is 16.4 Å². The van der Waals surface area contributed by atoms with Crippen LogP contribution >= 0.6 is 0 Å². The minimum atomic E-state index is 0.662. The molecule has 1 fully saturated rings. The second-order valence-corrected chi connectivity index (χ2v) is 7.41. The summed E-state index contributed by atoms with van der Waals surface area (Å²) >= 11 is 0. The van der Waals surface area contributed by atoms with Crippen LogP contribution in [-0.4, -0.2) is 50.4 Å². The molecule has 0 bridgehead atoms. The third-order valence-electron chi connectivity index (χ3n) is 4.94. The molecule has 2 heterocycles. The van der Waals surface area contributed by atoms with Crippen LogP contribution in [0.2, 0.25) is 0 Å². The summed E-state index contributed by atoms with van der Waals surface area (Å²) in [5, 5.41) is 6.44. The van der Waals surface area contributed by atoms with E-state index in [1.165, 1.54) is 11.1 Å². The summed E-state index contributed by atoms with van der Waals surface area (Å²) in [6.07, 6.45) is 7.36. The molecule has 0 spiro atoms. The van der Waals surface area contributed by atoms with Gasteiger partial charge in [0.05, 0.1) is 13.1 Å². The van der Waals surface area contributed by atoms with Gasteiger partial charge in [0.2, 0.25) is 0 Å². The summed E-state index contributed by atoms with van der Waals surface area (Å²) in [6, 6.07) is 8.40. The smallest absolute Gasteiger partial charge is 0.0639 e. The Balaban J connectivity index is 0.000000456. The van der Waals surface area contributed by atoms with E-state index in [0.29, 0.717) is 13.1 Å². The SMILES string of the molecule is C1CNCCN1.C=CC(C=C)=CC(=C)N1CC(N)=C(C=NCc2ccc(C)cc2)C1. The van der Waals surface area contributed by atoms with Gasteiger partial charge in [-0.1, -0.05) is 61.7 Å². The highest BCUT2D eigenvalue weighted by Gasteiger charge is 2.19. The zero-order chi connectivity index (χ0) is 21.8. The first-order valence-corrected chi connectivity index (χ1v) is 10.4. The minimum absolute atomic E-state index is 0.662. The van der Waals surface area contributed by atoms with E-state index in [2.05, 4.69) is 71.5 Å². The van der Waals surface area contributed by atoms with E-state index in [1.54, 1.807) is 12.2 Å². The Kier molecular flexibility index (Phi) is 9.84. The Hall–Kier alpha value is -2.89. The molecule has 2 aliphatic heterocycles. The molecule has 5 nitrogen and oxygen atoms in total. The number of piperazine rings is 1. The van der Waals surface area contributed by atoms with Crippen LogP contribution in [-0.2, 0) is 6.54 Å². The van der Waals surface area contributed by atoms with Crippen molar-refractivity contribution in [2.75, 3.05) is 39.3 Å². The molecule has 0 aromatic heterocycles. The van der Waals surface area contributed by atoms with Gasteiger partial charge in [-0.25, -0.2) is 0 Å². The number of rotatable bonds is 7. The second kappa shape index (κ2) is 12.6. The maximum Gasteiger partial charge on any atom is 0.0639 e. The fourth-order valence-electron chi connectivity index (χ4n) is 3.04. The van der Waals surface area contributed by atoms with Crippen LogP contribution in [0.3, 0.4) is 0 Å². The number of nitrogens with two attached hydrogens (primary N) is 1. The van der Waals surface area contributed by atoms with Crippen LogP contribution in [0.4, 0.5) is 0 Å². The maximum atomic E-state index is 6.15. The highest BCUT2D eigenvalue weighted by Crippen LogP contribution is 2.19. The predicted molar refractivity (Wildman–Crippen MR) is 130 cm³/mol. The van der Waals surface area contributed by atoms with Crippen molar-refractivity contribution in [1.29, 1.82) is 0 Å². The Morgan fingerprint density at radius 2 is 1.67 bits per heavy atom. The van der Waals surface area contributed by atoms with E-state index in [0.717, 1.165) is 55.3 Å². The molecule has 0 unspecified atom stereocenters. The molecular formula is C25H35N5. The largest absolute Gasteiger partial charge is 0.400 e. The summed E-state index contributed by atoms with van der Waals surface area (Å²) in [7, 11) is 0. The van der Waals surface area contributed by atoms with Gasteiger partial charge in [-0.2, -0.15) is 0 Å². The zero-order valence-electron chi connectivity index (χ0n) is 18.2. The van der Waals surface area contributed by atoms with Gasteiger partial charge >= 0.3 is 0 Å². The van der Waals surface area contributed by atoms with E-state index in [4.69, 9.17) is 5.73 Å². The molecule has 0 radical (unpaired) electrons. The molecule has 2 aliphatic rings. The molecule has 0 aliphatic carbocycles. The highest BCUT2D eigenvalue weighted by molar-refractivity contribution is 5.81. The lowest BCUT2D eigenvalue weighted by Crippen LogP contribution is -2.39. The second-order valence-electron chi connectivity index (χ2n) is 7.41. The van der Waals surface area contributed by atoms with E-state index in [-0.39, 0.29) is 0 Å². The third-order valence-corrected chi connectivity index (χ3v) is 4.94. The molecule has 0 amide bonds. The lowest BCUT2D eigenvalue weighted by molar-refractivity contribution is 0.451. The molecule has 3 rings (SSSR count). The van der Waals surface area contributed by atoms with Gasteiger partial charge in [0.25, 0.3) is 0 Å². The first-order valence-electron chi connectivity index (χ1n) is 10.4. The van der Waals surface area contributed by atoms with Gasteiger partial charge in [0, 0.05) is 55.9 Å². The average molecular weight is 406 g/mol. The number of aliphatic imine (C=N–C) groups is 1. The Morgan fingerprint density at radius 3 is 2.20 bits per heavy atom. The molecule has 1 saturated heterocycles. The van der Waals surface area contributed by atoms with Gasteiger partial charge in [0.1, 0.15) is 0 Å². The molecule has 1 aromatic carbocycles. The Morgan fingerprint density at radius 1 is 1.07 bits per heavy atom. The zero-order valence-corrected chi connectivity index (χ0v) is 18.2. The summed E-state index contributed by atoms with van der Waals surface area (Å²) < 4.78 is 0. The normalized spacial score (nSPS) is 16.1. The molecule has 0 saturated carbocycles. The van der Waals surface area contributed by atoms with Crippen molar-refractivity contribution in [3.05, 3.63) is 95.9 Å². The molecule has 5 heteroatoms. The van der Waals surface area contributed by atoms with Crippen molar-refractivity contribution in [3.63, 3.8) is 0 Å². The lowest BCUT2D eigenvalue weighted by Gasteiger charge is -2.18. The quantitative estimate of drug-likeness (QED) is 0.482. The molecule has 4 N–H and O–H groups in total. The fraction of sp³-hybridized carbons (Fsp3) is 0.320. The molecule has 30 heavy (non-hydrogen) atoms. The number of nitrogens with zero attached hydrogens (tertiary/aromatic N) is 2. The van der Waals surface area contributed by atoms with Gasteiger partial charge in [0.15, 0.2) is 0 Å². The Labute approximate surface area is 181 Å². The Bertz CT molecular complexity index is 789. The maximum absolute atomic E-state index is 6.15. The third kappa shape index (κ3) is 7.85. The highest BCUT2D eigenvalue weighted by atomic mass is 15.2. The summed E-state index contributed by atoms with van der Waals surface area (Å²) in [5.74, 6) is 0. The van der Waals surface area contributed by atoms with E-state index < -0.39 is 0 Å². The minimum Gasteiger partial charge on any atom is -0.400 e. The lowest BCUT2D eigenvalue weighted by atomic mass is 10.1. The number of allylic oxidation sites excluding steroid dienone is 4. The fourth-order valence-corrected chi connectivity index (χ4v) is 3.04. The van der Waals surface area contributed by atoms with E-state index in [1.807, 2.05) is 12.3 Å². The van der Waals surface area contributed by atoms with Crippen LogP contribution in [0.5, 0.6) is 0 Å². The first-order chi connectivity index (χ1) is 14.5. The molecule has 0 atom stereocenters. The van der Waals surface area contributed by atoms with Gasteiger partial charge in [-0.15, -0.1) is 0 Å². The first kappa shape index (κ1) is 23.4. The van der Waals surface area contributed by atoms with Gasteiger partial charge in [-0.3, -0.25) is 4.99 Å². The van der Waals surface area contributed by atoms with Crippen LogP contribution in [0.1, 0.15) is 11.1 Å². The van der Waals surface area contributed by atoms with Gasteiger partial charge < -0.3 is 21.3 Å². The summed E-state index contributed by atoms with van der Waals surface area (Å²) in [5.41, 5.74) is 12.3.